The van der Waals surface area contributed by atoms with E-state index in [1.807, 2.05) is 37.3 Å². The zero-order chi connectivity index (χ0) is 10.9. The molecule has 3 nitrogen and oxygen atoms in total. The van der Waals surface area contributed by atoms with E-state index in [1.54, 1.807) is 0 Å². The van der Waals surface area contributed by atoms with Crippen LogP contribution in [0.15, 0.2) is 30.3 Å². The summed E-state index contributed by atoms with van der Waals surface area (Å²) >= 11 is 0. The van der Waals surface area contributed by atoms with Crippen LogP contribution in [0.1, 0.15) is 12.5 Å². The summed E-state index contributed by atoms with van der Waals surface area (Å²) < 4.78 is 5.12. The predicted molar refractivity (Wildman–Crippen MR) is 59.6 cm³/mol. The Morgan fingerprint density at radius 1 is 1.33 bits per heavy atom. The molecule has 3 heteroatoms. The van der Waals surface area contributed by atoms with E-state index in [-0.39, 0.29) is 5.91 Å². The minimum absolute atomic E-state index is 0.0425. The first-order valence-corrected chi connectivity index (χ1v) is 5.21. The lowest BCUT2D eigenvalue weighted by Crippen LogP contribution is -2.28. The normalized spacial score (nSPS) is 9.93. The van der Waals surface area contributed by atoms with Crippen molar-refractivity contribution in [2.24, 2.45) is 0 Å². The third-order valence-electron chi connectivity index (χ3n) is 1.98. The van der Waals surface area contributed by atoms with Gasteiger partial charge in [-0.25, -0.2) is 0 Å². The van der Waals surface area contributed by atoms with E-state index >= 15 is 0 Å². The van der Waals surface area contributed by atoms with E-state index in [9.17, 15) is 4.79 Å². The zero-order valence-corrected chi connectivity index (χ0v) is 9.03. The topological polar surface area (TPSA) is 38.3 Å². The Kier molecular flexibility index (Phi) is 5.48. The van der Waals surface area contributed by atoms with Gasteiger partial charge >= 0.3 is 0 Å². The third kappa shape index (κ3) is 5.18. The maximum atomic E-state index is 11.4. The first kappa shape index (κ1) is 11.7. The summed E-state index contributed by atoms with van der Waals surface area (Å²) in [5.41, 5.74) is 1.03. The number of nitrogens with one attached hydrogen (secondary N) is 1. The largest absolute Gasteiger partial charge is 0.380 e. The molecule has 1 aromatic rings. The fourth-order valence-electron chi connectivity index (χ4n) is 1.25. The predicted octanol–water partition coefficient (Wildman–Crippen LogP) is 1.38. The Balaban J connectivity index is 2.19. The van der Waals surface area contributed by atoms with Crippen LogP contribution in [0.5, 0.6) is 0 Å². The van der Waals surface area contributed by atoms with Crippen molar-refractivity contribution in [2.75, 3.05) is 19.8 Å². The van der Waals surface area contributed by atoms with Gasteiger partial charge in [0.25, 0.3) is 0 Å². The van der Waals surface area contributed by atoms with Crippen molar-refractivity contribution in [3.8, 4) is 0 Å². The van der Waals surface area contributed by atoms with E-state index in [2.05, 4.69) is 5.32 Å². The van der Waals surface area contributed by atoms with Gasteiger partial charge in [-0.2, -0.15) is 0 Å². The molecule has 0 aliphatic carbocycles. The highest BCUT2D eigenvalue weighted by Gasteiger charge is 2.01. The summed E-state index contributed by atoms with van der Waals surface area (Å²) in [6, 6.07) is 9.70. The van der Waals surface area contributed by atoms with Crippen LogP contribution in [0.4, 0.5) is 0 Å². The van der Waals surface area contributed by atoms with Gasteiger partial charge < -0.3 is 10.1 Å². The quantitative estimate of drug-likeness (QED) is 0.716. The summed E-state index contributed by atoms with van der Waals surface area (Å²) in [6.07, 6.45) is 0.437. The van der Waals surface area contributed by atoms with Crippen molar-refractivity contribution in [2.45, 2.75) is 13.3 Å². The van der Waals surface area contributed by atoms with Crippen LogP contribution in [0.3, 0.4) is 0 Å². The molecule has 0 radical (unpaired) electrons. The number of ether oxygens (including phenoxy) is 1. The number of benzene rings is 1. The van der Waals surface area contributed by atoms with Gasteiger partial charge in [0.2, 0.25) is 5.91 Å². The third-order valence-corrected chi connectivity index (χ3v) is 1.98. The van der Waals surface area contributed by atoms with Crippen LogP contribution < -0.4 is 5.32 Å². The van der Waals surface area contributed by atoms with Gasteiger partial charge in [-0.05, 0) is 12.5 Å². The van der Waals surface area contributed by atoms with Crippen LogP contribution in [-0.2, 0) is 16.0 Å². The van der Waals surface area contributed by atoms with Gasteiger partial charge in [0.15, 0.2) is 0 Å². The van der Waals surface area contributed by atoms with Crippen molar-refractivity contribution in [3.63, 3.8) is 0 Å². The second-order valence-corrected chi connectivity index (χ2v) is 3.21. The van der Waals surface area contributed by atoms with Gasteiger partial charge in [0, 0.05) is 13.2 Å². The molecule has 0 bridgehead atoms. The number of hydrogen-bond acceptors (Lipinski definition) is 2. The summed E-state index contributed by atoms with van der Waals surface area (Å²) in [7, 11) is 0. The molecule has 0 aromatic heterocycles. The maximum absolute atomic E-state index is 11.4. The number of amides is 1. The molecule has 1 N–H and O–H groups in total. The fraction of sp³-hybridized carbons (Fsp3) is 0.417. The second-order valence-electron chi connectivity index (χ2n) is 3.21. The second kappa shape index (κ2) is 7.01. The van der Waals surface area contributed by atoms with Crippen molar-refractivity contribution in [1.82, 2.24) is 5.32 Å². The zero-order valence-electron chi connectivity index (χ0n) is 9.03. The summed E-state index contributed by atoms with van der Waals surface area (Å²) in [4.78, 5) is 11.4. The molecule has 0 aliphatic heterocycles. The lowest BCUT2D eigenvalue weighted by Gasteiger charge is -2.05. The van der Waals surface area contributed by atoms with Crippen molar-refractivity contribution in [3.05, 3.63) is 35.9 Å². The molecule has 0 aliphatic rings. The average molecular weight is 207 g/mol. The molecule has 1 rings (SSSR count). The molecular weight excluding hydrogens is 190 g/mol. The SMILES string of the molecule is CCOCCNC(=O)Cc1ccccc1. The maximum Gasteiger partial charge on any atom is 0.224 e. The molecule has 1 amide bonds. The van der Waals surface area contributed by atoms with Crippen molar-refractivity contribution in [1.29, 1.82) is 0 Å². The van der Waals surface area contributed by atoms with Gasteiger partial charge in [-0.15, -0.1) is 0 Å². The van der Waals surface area contributed by atoms with Crippen molar-refractivity contribution < 1.29 is 9.53 Å². The van der Waals surface area contributed by atoms with E-state index in [4.69, 9.17) is 4.74 Å². The highest BCUT2D eigenvalue weighted by Crippen LogP contribution is 1.98. The van der Waals surface area contributed by atoms with Crippen LogP contribution in [-0.4, -0.2) is 25.7 Å². The number of hydrogen-bond donors (Lipinski definition) is 1. The highest BCUT2D eigenvalue weighted by molar-refractivity contribution is 5.78. The molecule has 0 unspecified atom stereocenters. The van der Waals surface area contributed by atoms with Crippen LogP contribution >= 0.6 is 0 Å². The van der Waals surface area contributed by atoms with E-state index < -0.39 is 0 Å². The first-order valence-electron chi connectivity index (χ1n) is 5.21. The van der Waals surface area contributed by atoms with Gasteiger partial charge in [0.05, 0.1) is 13.0 Å². The summed E-state index contributed by atoms with van der Waals surface area (Å²) in [5, 5.41) is 2.80. The van der Waals surface area contributed by atoms with E-state index in [0.29, 0.717) is 26.2 Å². The molecular formula is C12H17NO2. The lowest BCUT2D eigenvalue weighted by molar-refractivity contribution is -0.120. The summed E-state index contributed by atoms with van der Waals surface area (Å²) in [6.45, 7) is 3.79. The first-order chi connectivity index (χ1) is 7.33. The highest BCUT2D eigenvalue weighted by atomic mass is 16.5. The van der Waals surface area contributed by atoms with E-state index in [0.717, 1.165) is 5.56 Å². The molecule has 15 heavy (non-hydrogen) atoms. The van der Waals surface area contributed by atoms with Gasteiger partial charge in [-0.3, -0.25) is 4.79 Å². The molecule has 1 aromatic carbocycles. The molecule has 0 fully saturated rings. The number of carbonyl (C=O) groups excluding carboxylic acids is 1. The smallest absolute Gasteiger partial charge is 0.224 e. The van der Waals surface area contributed by atoms with Crippen LogP contribution in [0.2, 0.25) is 0 Å². The fourth-order valence-corrected chi connectivity index (χ4v) is 1.25. The Labute approximate surface area is 90.4 Å². The number of carbonyl (C=O) groups is 1. The van der Waals surface area contributed by atoms with Gasteiger partial charge in [0.1, 0.15) is 0 Å². The molecule has 0 heterocycles. The molecule has 0 saturated heterocycles. The molecule has 0 spiro atoms. The summed E-state index contributed by atoms with van der Waals surface area (Å²) in [5.74, 6) is 0.0425. The molecule has 82 valence electrons. The number of rotatable bonds is 6. The van der Waals surface area contributed by atoms with Gasteiger partial charge in [-0.1, -0.05) is 30.3 Å². The molecule has 0 saturated carbocycles. The minimum atomic E-state index is 0.0425. The monoisotopic (exact) mass is 207 g/mol. The minimum Gasteiger partial charge on any atom is -0.380 e. The Morgan fingerprint density at radius 3 is 2.73 bits per heavy atom. The average Bonchev–Trinajstić information content (AvgIpc) is 2.26. The Bertz CT molecular complexity index is 285. The Morgan fingerprint density at radius 2 is 2.07 bits per heavy atom. The lowest BCUT2D eigenvalue weighted by atomic mass is 10.1. The van der Waals surface area contributed by atoms with E-state index in [1.165, 1.54) is 0 Å². The van der Waals surface area contributed by atoms with Crippen molar-refractivity contribution >= 4 is 5.91 Å². The molecule has 0 atom stereocenters. The standard InChI is InChI=1S/C12H17NO2/c1-2-15-9-8-13-12(14)10-11-6-4-3-5-7-11/h3-7H,2,8-10H2,1H3,(H,13,14). The van der Waals surface area contributed by atoms with Crippen LogP contribution in [0, 0.1) is 0 Å². The van der Waals surface area contributed by atoms with Crippen LogP contribution in [0.25, 0.3) is 0 Å². The Hall–Kier alpha value is -1.35.